The molecule has 2 amide bonds. The van der Waals surface area contributed by atoms with Crippen LogP contribution in [0.3, 0.4) is 0 Å². The van der Waals surface area contributed by atoms with Crippen molar-refractivity contribution in [2.45, 2.75) is 25.7 Å². The summed E-state index contributed by atoms with van der Waals surface area (Å²) in [7, 11) is 3.76. The lowest BCUT2D eigenvalue weighted by Crippen LogP contribution is -2.26. The minimum atomic E-state index is -0.0777. The van der Waals surface area contributed by atoms with Crippen LogP contribution < -0.4 is 15.5 Å². The van der Waals surface area contributed by atoms with Gasteiger partial charge in [0, 0.05) is 33.0 Å². The van der Waals surface area contributed by atoms with Gasteiger partial charge in [-0.1, -0.05) is 17.7 Å². The number of para-hydroxylation sites is 1. The molecule has 22 heavy (non-hydrogen) atoms. The highest BCUT2D eigenvalue weighted by Gasteiger charge is 2.28. The van der Waals surface area contributed by atoms with Gasteiger partial charge in [-0.2, -0.15) is 0 Å². The van der Waals surface area contributed by atoms with Gasteiger partial charge in [-0.25, -0.2) is 0 Å². The Balaban J connectivity index is 1.79. The maximum atomic E-state index is 12.0. The number of halogens is 1. The first-order valence-corrected chi connectivity index (χ1v) is 7.90. The summed E-state index contributed by atoms with van der Waals surface area (Å²) in [6.07, 6.45) is 2.98. The second kappa shape index (κ2) is 7.49. The Morgan fingerprint density at radius 1 is 1.32 bits per heavy atom. The largest absolute Gasteiger partial charge is 0.375 e. The molecule has 2 rings (SSSR count). The van der Waals surface area contributed by atoms with Crippen molar-refractivity contribution in [3.8, 4) is 0 Å². The van der Waals surface area contributed by atoms with Gasteiger partial charge in [0.1, 0.15) is 0 Å². The van der Waals surface area contributed by atoms with Crippen LogP contribution >= 0.6 is 11.6 Å². The van der Waals surface area contributed by atoms with Crippen LogP contribution in [-0.2, 0) is 9.59 Å². The SMILES string of the molecule is CN(C)c1c(Cl)cccc1NC(=O)CCCNC(=O)C1CC1. The number of rotatable bonds is 7. The molecule has 2 N–H and O–H groups in total. The molecule has 0 bridgehead atoms. The first-order valence-electron chi connectivity index (χ1n) is 7.52. The Hall–Kier alpha value is -1.75. The molecule has 5 nitrogen and oxygen atoms in total. The zero-order chi connectivity index (χ0) is 16.1. The highest BCUT2D eigenvalue weighted by Crippen LogP contribution is 2.32. The molecule has 1 aliphatic carbocycles. The van der Waals surface area contributed by atoms with E-state index in [1.54, 1.807) is 12.1 Å². The third kappa shape index (κ3) is 4.63. The van der Waals surface area contributed by atoms with E-state index in [4.69, 9.17) is 11.6 Å². The van der Waals surface area contributed by atoms with Crippen LogP contribution in [-0.4, -0.2) is 32.5 Å². The minimum absolute atomic E-state index is 0.0777. The average molecular weight is 324 g/mol. The van der Waals surface area contributed by atoms with Crippen LogP contribution in [0.1, 0.15) is 25.7 Å². The molecule has 0 unspecified atom stereocenters. The molecule has 1 saturated carbocycles. The minimum Gasteiger partial charge on any atom is -0.375 e. The van der Waals surface area contributed by atoms with Crippen molar-refractivity contribution >= 4 is 34.8 Å². The molecule has 0 aromatic heterocycles. The molecule has 0 radical (unpaired) electrons. The standard InChI is InChI=1S/C16H22ClN3O2/c1-20(2)15-12(17)5-3-6-13(15)19-14(21)7-4-10-18-16(22)11-8-9-11/h3,5-6,11H,4,7-10H2,1-2H3,(H,18,22)(H,19,21). The fraction of sp³-hybridized carbons (Fsp3) is 0.500. The van der Waals surface area contributed by atoms with Gasteiger partial charge < -0.3 is 15.5 Å². The molecule has 0 spiro atoms. The summed E-state index contributed by atoms with van der Waals surface area (Å²) in [4.78, 5) is 25.3. The van der Waals surface area contributed by atoms with Crippen LogP contribution in [0.4, 0.5) is 11.4 Å². The van der Waals surface area contributed by atoms with Gasteiger partial charge in [-0.3, -0.25) is 9.59 Å². The van der Waals surface area contributed by atoms with Crippen molar-refractivity contribution in [1.82, 2.24) is 5.32 Å². The Bertz CT molecular complexity index is 556. The monoisotopic (exact) mass is 323 g/mol. The molecule has 1 aromatic rings. The van der Waals surface area contributed by atoms with Crippen molar-refractivity contribution in [1.29, 1.82) is 0 Å². The number of hydrogen-bond acceptors (Lipinski definition) is 3. The van der Waals surface area contributed by atoms with Crippen LogP contribution in [0.2, 0.25) is 5.02 Å². The summed E-state index contributed by atoms with van der Waals surface area (Å²) in [5.74, 6) is 0.249. The first-order chi connectivity index (χ1) is 10.5. The molecule has 1 aromatic carbocycles. The quantitative estimate of drug-likeness (QED) is 0.758. The number of carbonyl (C=O) groups is 2. The van der Waals surface area contributed by atoms with Gasteiger partial charge in [0.15, 0.2) is 0 Å². The molecule has 1 aliphatic rings. The average Bonchev–Trinajstić information content (AvgIpc) is 3.27. The highest BCUT2D eigenvalue weighted by atomic mass is 35.5. The predicted octanol–water partition coefficient (Wildman–Crippen LogP) is 2.65. The van der Waals surface area contributed by atoms with Gasteiger partial charge in [-0.15, -0.1) is 0 Å². The fourth-order valence-electron chi connectivity index (χ4n) is 2.23. The Labute approximate surface area is 136 Å². The summed E-state index contributed by atoms with van der Waals surface area (Å²) in [6, 6.07) is 5.43. The van der Waals surface area contributed by atoms with Crippen molar-refractivity contribution in [3.63, 3.8) is 0 Å². The lowest BCUT2D eigenvalue weighted by atomic mass is 10.2. The van der Waals surface area contributed by atoms with Gasteiger partial charge in [0.05, 0.1) is 16.4 Å². The summed E-state index contributed by atoms with van der Waals surface area (Å²) >= 11 is 6.16. The molecule has 120 valence electrons. The lowest BCUT2D eigenvalue weighted by Gasteiger charge is -2.19. The van der Waals surface area contributed by atoms with E-state index in [9.17, 15) is 9.59 Å². The predicted molar refractivity (Wildman–Crippen MR) is 89.4 cm³/mol. The number of anilines is 2. The maximum absolute atomic E-state index is 12.0. The Kier molecular flexibility index (Phi) is 5.66. The molecule has 1 fully saturated rings. The van der Waals surface area contributed by atoms with Crippen LogP contribution in [0.5, 0.6) is 0 Å². The smallest absolute Gasteiger partial charge is 0.224 e. The summed E-state index contributed by atoms with van der Waals surface area (Å²) < 4.78 is 0. The topological polar surface area (TPSA) is 61.4 Å². The van der Waals surface area contributed by atoms with Gasteiger partial charge in [0.25, 0.3) is 0 Å². The van der Waals surface area contributed by atoms with Crippen molar-refractivity contribution in [2.24, 2.45) is 5.92 Å². The molecule has 0 saturated heterocycles. The number of hydrogen-bond donors (Lipinski definition) is 2. The van der Waals surface area contributed by atoms with Crippen LogP contribution in [0.25, 0.3) is 0 Å². The van der Waals surface area contributed by atoms with E-state index < -0.39 is 0 Å². The summed E-state index contributed by atoms with van der Waals surface area (Å²) in [5, 5.41) is 6.33. The zero-order valence-corrected chi connectivity index (χ0v) is 13.7. The normalized spacial score (nSPS) is 13.6. The summed E-state index contributed by atoms with van der Waals surface area (Å²) in [5.41, 5.74) is 1.49. The zero-order valence-electron chi connectivity index (χ0n) is 13.0. The van der Waals surface area contributed by atoms with E-state index >= 15 is 0 Å². The van der Waals surface area contributed by atoms with E-state index in [2.05, 4.69) is 10.6 Å². The number of nitrogens with one attached hydrogen (secondary N) is 2. The highest BCUT2D eigenvalue weighted by molar-refractivity contribution is 6.34. The number of benzene rings is 1. The van der Waals surface area contributed by atoms with E-state index in [1.807, 2.05) is 25.1 Å². The Morgan fingerprint density at radius 3 is 2.68 bits per heavy atom. The second-order valence-corrected chi connectivity index (χ2v) is 6.15. The first kappa shape index (κ1) is 16.6. The van der Waals surface area contributed by atoms with E-state index in [-0.39, 0.29) is 17.7 Å². The second-order valence-electron chi connectivity index (χ2n) is 5.75. The Morgan fingerprint density at radius 2 is 2.05 bits per heavy atom. The number of carbonyl (C=O) groups excluding carboxylic acids is 2. The molecular formula is C16H22ClN3O2. The number of nitrogens with zero attached hydrogens (tertiary/aromatic N) is 1. The fourth-order valence-corrected chi connectivity index (χ4v) is 2.58. The van der Waals surface area contributed by atoms with E-state index in [0.717, 1.165) is 18.5 Å². The van der Waals surface area contributed by atoms with Crippen molar-refractivity contribution in [2.75, 3.05) is 30.9 Å². The number of amides is 2. The molecule has 0 heterocycles. The van der Waals surface area contributed by atoms with Crippen molar-refractivity contribution < 1.29 is 9.59 Å². The van der Waals surface area contributed by atoms with Gasteiger partial charge in [-0.05, 0) is 31.4 Å². The van der Waals surface area contributed by atoms with Gasteiger partial charge >= 0.3 is 0 Å². The summed E-state index contributed by atoms with van der Waals surface area (Å²) in [6.45, 7) is 0.541. The third-order valence-electron chi connectivity index (χ3n) is 3.54. The lowest BCUT2D eigenvalue weighted by molar-refractivity contribution is -0.122. The van der Waals surface area contributed by atoms with Crippen LogP contribution in [0.15, 0.2) is 18.2 Å². The third-order valence-corrected chi connectivity index (χ3v) is 3.84. The van der Waals surface area contributed by atoms with Crippen LogP contribution in [0, 0.1) is 5.92 Å². The maximum Gasteiger partial charge on any atom is 0.224 e. The molecule has 0 aliphatic heterocycles. The van der Waals surface area contributed by atoms with E-state index in [0.29, 0.717) is 30.1 Å². The molecular weight excluding hydrogens is 302 g/mol. The van der Waals surface area contributed by atoms with Gasteiger partial charge in [0.2, 0.25) is 11.8 Å². The molecule has 0 atom stereocenters. The van der Waals surface area contributed by atoms with Crippen molar-refractivity contribution in [3.05, 3.63) is 23.2 Å². The molecule has 6 heteroatoms. The van der Waals surface area contributed by atoms with E-state index in [1.165, 1.54) is 0 Å².